The Kier molecular flexibility index (Phi) is 4.69. The molecule has 0 radical (unpaired) electrons. The first-order chi connectivity index (χ1) is 15.9. The number of pyridine rings is 1. The van der Waals surface area contributed by atoms with Crippen molar-refractivity contribution >= 4 is 45.4 Å². The predicted octanol–water partition coefficient (Wildman–Crippen LogP) is 5.01. The van der Waals surface area contributed by atoms with Crippen molar-refractivity contribution in [3.8, 4) is 0 Å². The Morgan fingerprint density at radius 1 is 1.12 bits per heavy atom. The van der Waals surface area contributed by atoms with Crippen molar-refractivity contribution in [1.82, 2.24) is 19.5 Å². The van der Waals surface area contributed by atoms with Crippen molar-refractivity contribution in [2.75, 3.05) is 5.73 Å². The molecule has 168 valence electrons. The minimum atomic E-state index is -0.639. The fourth-order valence-electron chi connectivity index (χ4n) is 5.15. The average Bonchev–Trinajstić information content (AvgIpc) is 3.43. The van der Waals surface area contributed by atoms with Crippen molar-refractivity contribution in [3.63, 3.8) is 0 Å². The van der Waals surface area contributed by atoms with E-state index in [9.17, 15) is 0 Å². The zero-order valence-electron chi connectivity index (χ0n) is 18.4. The second kappa shape index (κ2) is 7.52. The van der Waals surface area contributed by atoms with Crippen LogP contribution in [0.1, 0.15) is 31.9 Å². The number of benzene rings is 1. The van der Waals surface area contributed by atoms with Gasteiger partial charge in [-0.05, 0) is 50.1 Å². The zero-order valence-corrected chi connectivity index (χ0v) is 19.1. The summed E-state index contributed by atoms with van der Waals surface area (Å²) in [5.41, 5.74) is 8.64. The SMILES string of the molecule is CC1(C)O[C@@H]2[C@@H](/C=C/c3ccc4ccc(N)nc4c3)CC(n3ccc4c(Cl)ncnc43)[C@@H]2O1. The molecular weight excluding hydrogens is 438 g/mol. The third kappa shape index (κ3) is 3.57. The second-order valence-corrected chi connectivity index (χ2v) is 9.56. The molecule has 1 aromatic carbocycles. The summed E-state index contributed by atoms with van der Waals surface area (Å²) in [4.78, 5) is 13.0. The number of ether oxygens (including phenoxy) is 2. The smallest absolute Gasteiger partial charge is 0.163 e. The third-order valence-corrected chi connectivity index (χ3v) is 6.87. The maximum Gasteiger partial charge on any atom is 0.163 e. The van der Waals surface area contributed by atoms with E-state index in [1.807, 2.05) is 38.2 Å². The first-order valence-electron chi connectivity index (χ1n) is 11.1. The van der Waals surface area contributed by atoms with Gasteiger partial charge in [0, 0.05) is 17.5 Å². The van der Waals surface area contributed by atoms with Crippen LogP contribution in [0, 0.1) is 5.92 Å². The Morgan fingerprint density at radius 2 is 1.94 bits per heavy atom. The normalized spacial score (nSPS) is 26.5. The van der Waals surface area contributed by atoms with Gasteiger partial charge in [0.1, 0.15) is 29.0 Å². The number of hydrogen-bond acceptors (Lipinski definition) is 6. The molecule has 4 heterocycles. The maximum atomic E-state index is 6.36. The number of rotatable bonds is 3. The number of nitrogens with two attached hydrogens (primary N) is 1. The molecule has 1 saturated heterocycles. The van der Waals surface area contributed by atoms with E-state index < -0.39 is 5.79 Å². The van der Waals surface area contributed by atoms with Crippen molar-refractivity contribution in [3.05, 3.63) is 65.7 Å². The number of nitrogens with zero attached hydrogens (tertiary/aromatic N) is 4. The highest BCUT2D eigenvalue weighted by Gasteiger charge is 2.54. The van der Waals surface area contributed by atoms with E-state index in [4.69, 9.17) is 26.8 Å². The van der Waals surface area contributed by atoms with Crippen molar-refractivity contribution < 1.29 is 9.47 Å². The number of aromatic nitrogens is 4. The molecule has 1 aliphatic carbocycles. The fourth-order valence-corrected chi connectivity index (χ4v) is 5.34. The molecule has 33 heavy (non-hydrogen) atoms. The van der Waals surface area contributed by atoms with Gasteiger partial charge in [-0.1, -0.05) is 35.9 Å². The lowest BCUT2D eigenvalue weighted by Gasteiger charge is -2.24. The van der Waals surface area contributed by atoms with Gasteiger partial charge in [-0.2, -0.15) is 0 Å². The highest BCUT2D eigenvalue weighted by atomic mass is 35.5. The van der Waals surface area contributed by atoms with Crippen LogP contribution in [0.4, 0.5) is 5.82 Å². The van der Waals surface area contributed by atoms with Crippen LogP contribution in [0.25, 0.3) is 28.0 Å². The average molecular weight is 462 g/mol. The summed E-state index contributed by atoms with van der Waals surface area (Å²) in [6.07, 6.45) is 8.61. The van der Waals surface area contributed by atoms with Gasteiger partial charge in [0.05, 0.1) is 23.0 Å². The molecular formula is C25H24ClN5O2. The Labute approximate surface area is 196 Å². The molecule has 0 bridgehead atoms. The Balaban J connectivity index is 1.33. The number of anilines is 1. The number of hydrogen-bond donors (Lipinski definition) is 1. The standard InChI is InChI=1S/C25H24ClN5O2/c1-25(2)32-21-16(6-4-14-3-5-15-7-8-20(27)30-18(15)11-14)12-19(22(21)33-25)31-10-9-17-23(26)28-13-29-24(17)31/h3-11,13,16,19,21-22H,12H2,1-2H3,(H2,27,30)/b6-4+/t16-,19?,21+,22-/m0/s1. The Bertz CT molecular complexity index is 1400. The lowest BCUT2D eigenvalue weighted by Crippen LogP contribution is -2.27. The summed E-state index contributed by atoms with van der Waals surface area (Å²) in [6.45, 7) is 3.94. The second-order valence-electron chi connectivity index (χ2n) is 9.20. The van der Waals surface area contributed by atoms with E-state index in [0.29, 0.717) is 11.0 Å². The highest BCUT2D eigenvalue weighted by molar-refractivity contribution is 6.33. The van der Waals surface area contributed by atoms with E-state index in [2.05, 4.69) is 49.9 Å². The molecule has 1 saturated carbocycles. The summed E-state index contributed by atoms with van der Waals surface area (Å²) in [6, 6.07) is 12.1. The van der Waals surface area contributed by atoms with Crippen molar-refractivity contribution in [1.29, 1.82) is 0 Å². The number of halogens is 1. The molecule has 3 aromatic heterocycles. The molecule has 0 spiro atoms. The van der Waals surface area contributed by atoms with Crippen molar-refractivity contribution in [2.24, 2.45) is 5.92 Å². The Morgan fingerprint density at radius 3 is 2.82 bits per heavy atom. The molecule has 0 amide bonds. The van der Waals surface area contributed by atoms with E-state index in [-0.39, 0.29) is 24.2 Å². The largest absolute Gasteiger partial charge is 0.384 e. The van der Waals surface area contributed by atoms with E-state index in [1.54, 1.807) is 0 Å². The molecule has 8 heteroatoms. The summed E-state index contributed by atoms with van der Waals surface area (Å²) in [5.74, 6) is 0.0628. The van der Waals surface area contributed by atoms with Gasteiger partial charge >= 0.3 is 0 Å². The highest BCUT2D eigenvalue weighted by Crippen LogP contribution is 2.48. The molecule has 4 atom stereocenters. The first-order valence-corrected chi connectivity index (χ1v) is 11.4. The van der Waals surface area contributed by atoms with Gasteiger partial charge in [-0.3, -0.25) is 0 Å². The zero-order chi connectivity index (χ0) is 22.7. The minimum Gasteiger partial charge on any atom is -0.384 e. The van der Waals surface area contributed by atoms with Crippen LogP contribution in [0.3, 0.4) is 0 Å². The molecule has 1 unspecified atom stereocenters. The predicted molar refractivity (Wildman–Crippen MR) is 129 cm³/mol. The molecule has 6 rings (SSSR count). The molecule has 7 nitrogen and oxygen atoms in total. The lowest BCUT2D eigenvalue weighted by atomic mass is 10.0. The van der Waals surface area contributed by atoms with E-state index >= 15 is 0 Å². The van der Waals surface area contributed by atoms with Crippen LogP contribution < -0.4 is 5.73 Å². The van der Waals surface area contributed by atoms with Crippen LogP contribution >= 0.6 is 11.6 Å². The number of nitrogen functional groups attached to an aromatic ring is 1. The van der Waals surface area contributed by atoms with E-state index in [1.165, 1.54) is 6.33 Å². The molecule has 2 fully saturated rings. The van der Waals surface area contributed by atoms with Gasteiger partial charge < -0.3 is 19.8 Å². The summed E-state index contributed by atoms with van der Waals surface area (Å²) >= 11 is 6.29. The van der Waals surface area contributed by atoms with Gasteiger partial charge in [0.25, 0.3) is 0 Å². The minimum absolute atomic E-state index is 0.0507. The van der Waals surface area contributed by atoms with Gasteiger partial charge in [-0.25, -0.2) is 15.0 Å². The quantitative estimate of drug-likeness (QED) is 0.431. The summed E-state index contributed by atoms with van der Waals surface area (Å²) in [7, 11) is 0. The van der Waals surface area contributed by atoms with Crippen molar-refractivity contribution in [2.45, 2.75) is 44.3 Å². The maximum absolute atomic E-state index is 6.36. The van der Waals surface area contributed by atoms with Crippen LogP contribution in [0.15, 0.2) is 55.0 Å². The lowest BCUT2D eigenvalue weighted by molar-refractivity contribution is -0.158. The monoisotopic (exact) mass is 461 g/mol. The third-order valence-electron chi connectivity index (χ3n) is 6.57. The topological polar surface area (TPSA) is 88.1 Å². The van der Waals surface area contributed by atoms with E-state index in [0.717, 1.165) is 33.9 Å². The van der Waals surface area contributed by atoms with Gasteiger partial charge in [0.2, 0.25) is 0 Å². The van der Waals surface area contributed by atoms with Crippen LogP contribution in [-0.4, -0.2) is 37.5 Å². The molecule has 1 aliphatic heterocycles. The number of fused-ring (bicyclic) bond motifs is 3. The van der Waals surface area contributed by atoms with Crippen LogP contribution in [0.5, 0.6) is 0 Å². The van der Waals surface area contributed by atoms with Crippen LogP contribution in [0.2, 0.25) is 5.15 Å². The summed E-state index contributed by atoms with van der Waals surface area (Å²) < 4.78 is 14.9. The van der Waals surface area contributed by atoms with Gasteiger partial charge in [0.15, 0.2) is 5.79 Å². The summed E-state index contributed by atoms with van der Waals surface area (Å²) in [5, 5.41) is 2.37. The molecule has 2 N–H and O–H groups in total. The Hall–Kier alpha value is -3.00. The first kappa shape index (κ1) is 20.6. The molecule has 2 aliphatic rings. The fraction of sp³-hybridized carbons (Fsp3) is 0.320. The van der Waals surface area contributed by atoms with Gasteiger partial charge in [-0.15, -0.1) is 0 Å². The van der Waals surface area contributed by atoms with Crippen LogP contribution in [-0.2, 0) is 9.47 Å². The molecule has 4 aromatic rings.